The van der Waals surface area contributed by atoms with Crippen molar-refractivity contribution in [3.63, 3.8) is 0 Å². The van der Waals surface area contributed by atoms with Gasteiger partial charge in [0.1, 0.15) is 5.65 Å². The lowest BCUT2D eigenvalue weighted by Gasteiger charge is -2.06. The van der Waals surface area contributed by atoms with Gasteiger partial charge in [0.15, 0.2) is 5.13 Å². The van der Waals surface area contributed by atoms with Gasteiger partial charge in [0.2, 0.25) is 0 Å². The number of rotatable bonds is 6. The molecule has 0 aliphatic heterocycles. The van der Waals surface area contributed by atoms with Crippen molar-refractivity contribution in [1.82, 2.24) is 14.4 Å². The minimum atomic E-state index is -0.192. The van der Waals surface area contributed by atoms with Crippen LogP contribution in [0.1, 0.15) is 34.0 Å². The summed E-state index contributed by atoms with van der Waals surface area (Å²) in [7, 11) is 0. The standard InChI is InChI=1S/C24H20N6OS2/c25-16-5-1-2-6-17(16)28-23(31)19-9-10-21(32-19)29-24-27-13-20(33-24)18-12-26-22-15(14-7-8-14)4-3-11-30(18)22/h1-6,9-14H,7-8,25H2,(H,27,29)(H,28,31). The summed E-state index contributed by atoms with van der Waals surface area (Å²) < 4.78 is 2.15. The Morgan fingerprint density at radius 2 is 1.91 bits per heavy atom. The van der Waals surface area contributed by atoms with Crippen molar-refractivity contribution in [2.24, 2.45) is 0 Å². The van der Waals surface area contributed by atoms with Crippen molar-refractivity contribution in [3.05, 3.63) is 77.6 Å². The summed E-state index contributed by atoms with van der Waals surface area (Å²) in [5, 5.41) is 7.78. The molecule has 1 saturated carbocycles. The van der Waals surface area contributed by atoms with E-state index in [2.05, 4.69) is 43.3 Å². The van der Waals surface area contributed by atoms with Crippen LogP contribution in [0.2, 0.25) is 0 Å². The molecule has 5 aromatic rings. The third-order valence-electron chi connectivity index (χ3n) is 5.61. The fraction of sp³-hybridized carbons (Fsp3) is 0.125. The molecule has 1 fully saturated rings. The molecule has 4 N–H and O–H groups in total. The van der Waals surface area contributed by atoms with Crippen LogP contribution in [-0.4, -0.2) is 20.3 Å². The molecule has 1 aromatic carbocycles. The number of hydrogen-bond donors (Lipinski definition) is 3. The quantitative estimate of drug-likeness (QED) is 0.264. The topological polar surface area (TPSA) is 97.3 Å². The average molecular weight is 473 g/mol. The van der Waals surface area contributed by atoms with Gasteiger partial charge in [-0.05, 0) is 54.7 Å². The zero-order valence-corrected chi connectivity index (χ0v) is 19.1. The van der Waals surface area contributed by atoms with Crippen molar-refractivity contribution in [1.29, 1.82) is 0 Å². The number of aromatic nitrogens is 3. The second-order valence-corrected chi connectivity index (χ2v) is 10.0. The highest BCUT2D eigenvalue weighted by Crippen LogP contribution is 2.42. The third-order valence-corrected chi connectivity index (χ3v) is 7.54. The third kappa shape index (κ3) is 3.85. The number of amides is 1. The molecule has 7 nitrogen and oxygen atoms in total. The van der Waals surface area contributed by atoms with Gasteiger partial charge in [-0.1, -0.05) is 29.5 Å². The van der Waals surface area contributed by atoms with Crippen LogP contribution in [-0.2, 0) is 0 Å². The van der Waals surface area contributed by atoms with E-state index in [9.17, 15) is 4.79 Å². The highest BCUT2D eigenvalue weighted by molar-refractivity contribution is 7.20. The number of pyridine rings is 1. The Morgan fingerprint density at radius 3 is 2.76 bits per heavy atom. The predicted octanol–water partition coefficient (Wildman–Crippen LogP) is 5.97. The van der Waals surface area contributed by atoms with Crippen LogP contribution < -0.4 is 16.4 Å². The predicted molar refractivity (Wildman–Crippen MR) is 135 cm³/mol. The number of benzene rings is 1. The number of carbonyl (C=O) groups is 1. The lowest BCUT2D eigenvalue weighted by molar-refractivity contribution is 0.103. The molecule has 33 heavy (non-hydrogen) atoms. The van der Waals surface area contributed by atoms with Gasteiger partial charge in [0, 0.05) is 12.4 Å². The molecule has 0 unspecified atom stereocenters. The zero-order valence-electron chi connectivity index (χ0n) is 17.5. The number of para-hydroxylation sites is 2. The van der Waals surface area contributed by atoms with Crippen molar-refractivity contribution in [2.75, 3.05) is 16.4 Å². The van der Waals surface area contributed by atoms with Gasteiger partial charge < -0.3 is 16.4 Å². The summed E-state index contributed by atoms with van der Waals surface area (Å²) in [6.07, 6.45) is 8.33. The van der Waals surface area contributed by atoms with E-state index in [1.165, 1.54) is 29.7 Å². The Labute approximate surface area is 197 Å². The number of anilines is 4. The first-order valence-corrected chi connectivity index (χ1v) is 12.2. The van der Waals surface area contributed by atoms with Crippen LogP contribution in [0.15, 0.2) is 67.1 Å². The van der Waals surface area contributed by atoms with Crippen LogP contribution in [0.5, 0.6) is 0 Å². The van der Waals surface area contributed by atoms with Crippen LogP contribution in [0, 0.1) is 0 Å². The lowest BCUT2D eigenvalue weighted by atomic mass is 10.2. The van der Waals surface area contributed by atoms with Gasteiger partial charge in [0.05, 0.1) is 38.0 Å². The van der Waals surface area contributed by atoms with E-state index in [-0.39, 0.29) is 5.91 Å². The molecule has 0 bridgehead atoms. The highest BCUT2D eigenvalue weighted by atomic mass is 32.1. The molecular formula is C24H20N6OS2. The summed E-state index contributed by atoms with van der Waals surface area (Å²) in [5.74, 6) is 0.453. The Balaban J connectivity index is 1.19. The summed E-state index contributed by atoms with van der Waals surface area (Å²) in [4.78, 5) is 23.4. The number of fused-ring (bicyclic) bond motifs is 1. The number of nitrogens with zero attached hydrogens (tertiary/aromatic N) is 3. The Kier molecular flexibility index (Phi) is 4.85. The van der Waals surface area contributed by atoms with Crippen molar-refractivity contribution in [3.8, 4) is 10.6 Å². The van der Waals surface area contributed by atoms with E-state index < -0.39 is 0 Å². The van der Waals surface area contributed by atoms with Gasteiger partial charge >= 0.3 is 0 Å². The maximum Gasteiger partial charge on any atom is 0.265 e. The molecule has 1 amide bonds. The number of nitrogen functional groups attached to an aromatic ring is 1. The molecule has 1 aliphatic rings. The second kappa shape index (κ2) is 8.02. The first-order valence-electron chi connectivity index (χ1n) is 10.6. The highest BCUT2D eigenvalue weighted by Gasteiger charge is 2.26. The normalized spacial score (nSPS) is 13.3. The van der Waals surface area contributed by atoms with E-state index >= 15 is 0 Å². The molecule has 0 atom stereocenters. The SMILES string of the molecule is Nc1ccccc1NC(=O)c1ccc(Nc2ncc(-c3cnc4c(C5CC5)cccn34)s2)s1. The van der Waals surface area contributed by atoms with Crippen LogP contribution in [0.3, 0.4) is 0 Å². The molecular weight excluding hydrogens is 452 g/mol. The number of thiazole rings is 1. The van der Waals surface area contributed by atoms with Crippen LogP contribution in [0.25, 0.3) is 16.2 Å². The number of nitrogens with two attached hydrogens (primary N) is 1. The van der Waals surface area contributed by atoms with Gasteiger partial charge in [-0.3, -0.25) is 9.20 Å². The number of nitrogens with one attached hydrogen (secondary N) is 2. The average Bonchev–Trinajstić information content (AvgIpc) is 3.19. The first kappa shape index (κ1) is 20.0. The Hall–Kier alpha value is -3.69. The molecule has 0 saturated heterocycles. The maximum atomic E-state index is 12.6. The molecule has 0 radical (unpaired) electrons. The number of thiophene rings is 1. The van der Waals surface area contributed by atoms with Crippen LogP contribution >= 0.6 is 22.7 Å². The first-order chi connectivity index (χ1) is 16.2. The van der Waals surface area contributed by atoms with E-state index in [4.69, 9.17) is 5.73 Å². The van der Waals surface area contributed by atoms with E-state index in [0.29, 0.717) is 22.2 Å². The van der Waals surface area contributed by atoms with Crippen LogP contribution in [0.4, 0.5) is 21.5 Å². The fourth-order valence-corrected chi connectivity index (χ4v) is 5.51. The Morgan fingerprint density at radius 1 is 1.03 bits per heavy atom. The fourth-order valence-electron chi connectivity index (χ4n) is 3.81. The zero-order chi connectivity index (χ0) is 22.4. The largest absolute Gasteiger partial charge is 0.397 e. The van der Waals surface area contributed by atoms with Gasteiger partial charge in [0.25, 0.3) is 5.91 Å². The second-order valence-electron chi connectivity index (χ2n) is 7.93. The summed E-state index contributed by atoms with van der Waals surface area (Å²) in [5.41, 5.74) is 10.5. The van der Waals surface area contributed by atoms with Crippen molar-refractivity contribution in [2.45, 2.75) is 18.8 Å². The van der Waals surface area contributed by atoms with E-state index in [1.807, 2.05) is 30.6 Å². The van der Waals surface area contributed by atoms with E-state index in [1.54, 1.807) is 29.5 Å². The molecule has 4 aromatic heterocycles. The monoisotopic (exact) mass is 472 g/mol. The lowest BCUT2D eigenvalue weighted by Crippen LogP contribution is -2.11. The summed E-state index contributed by atoms with van der Waals surface area (Å²) >= 11 is 2.93. The Bertz CT molecular complexity index is 1480. The van der Waals surface area contributed by atoms with E-state index in [0.717, 1.165) is 26.4 Å². The van der Waals surface area contributed by atoms with Gasteiger partial charge in [-0.25, -0.2) is 9.97 Å². The smallest absolute Gasteiger partial charge is 0.265 e. The van der Waals surface area contributed by atoms with Gasteiger partial charge in [-0.2, -0.15) is 0 Å². The molecule has 164 valence electrons. The summed E-state index contributed by atoms with van der Waals surface area (Å²) in [6, 6.07) is 15.2. The number of imidazole rings is 1. The number of hydrogen-bond acceptors (Lipinski definition) is 7. The molecule has 9 heteroatoms. The summed E-state index contributed by atoms with van der Waals surface area (Å²) in [6.45, 7) is 0. The molecule has 6 rings (SSSR count). The van der Waals surface area contributed by atoms with Crippen molar-refractivity contribution < 1.29 is 4.79 Å². The molecule has 0 spiro atoms. The molecule has 1 aliphatic carbocycles. The number of carbonyl (C=O) groups excluding carboxylic acids is 1. The molecule has 4 heterocycles. The maximum absolute atomic E-state index is 12.6. The van der Waals surface area contributed by atoms with Crippen molar-refractivity contribution >= 4 is 55.7 Å². The minimum Gasteiger partial charge on any atom is -0.397 e. The minimum absolute atomic E-state index is 0.192. The van der Waals surface area contributed by atoms with Gasteiger partial charge in [-0.15, -0.1) is 11.3 Å².